The van der Waals surface area contributed by atoms with Crippen LogP contribution in [0.15, 0.2) is 30.3 Å². The van der Waals surface area contributed by atoms with E-state index in [4.69, 9.17) is 21.1 Å². The minimum atomic E-state index is 0.0223. The van der Waals surface area contributed by atoms with Crippen molar-refractivity contribution in [2.24, 2.45) is 0 Å². The van der Waals surface area contributed by atoms with Crippen molar-refractivity contribution in [3.63, 3.8) is 0 Å². The first-order valence-electron chi connectivity index (χ1n) is 5.78. The van der Waals surface area contributed by atoms with E-state index in [2.05, 4.69) is 17.4 Å². The third-order valence-electron chi connectivity index (χ3n) is 2.25. The zero-order chi connectivity index (χ0) is 12.3. The monoisotopic (exact) mass is 257 g/mol. The SMILES string of the molecule is COCC(Cl)CNCCOCc1ccccc1. The van der Waals surface area contributed by atoms with Crippen LogP contribution in [0.3, 0.4) is 0 Å². The Labute approximate surface area is 108 Å². The zero-order valence-corrected chi connectivity index (χ0v) is 11.0. The van der Waals surface area contributed by atoms with Gasteiger partial charge in [-0.2, -0.15) is 0 Å². The van der Waals surface area contributed by atoms with Gasteiger partial charge in [-0.05, 0) is 5.56 Å². The second-order valence-electron chi connectivity index (χ2n) is 3.79. The largest absolute Gasteiger partial charge is 0.383 e. The van der Waals surface area contributed by atoms with Crippen LogP contribution in [-0.4, -0.2) is 38.8 Å². The maximum atomic E-state index is 5.96. The summed E-state index contributed by atoms with van der Waals surface area (Å²) in [5, 5.41) is 3.24. The summed E-state index contributed by atoms with van der Waals surface area (Å²) in [6.07, 6.45) is 0. The topological polar surface area (TPSA) is 30.5 Å². The van der Waals surface area contributed by atoms with E-state index in [0.717, 1.165) is 13.1 Å². The number of rotatable bonds is 9. The second-order valence-corrected chi connectivity index (χ2v) is 4.41. The molecular formula is C13H20ClNO2. The predicted molar refractivity (Wildman–Crippen MR) is 70.5 cm³/mol. The Hall–Kier alpha value is -0.610. The molecule has 1 rings (SSSR count). The molecule has 0 fully saturated rings. The summed E-state index contributed by atoms with van der Waals surface area (Å²) in [5.74, 6) is 0. The Bertz CT molecular complexity index is 282. The van der Waals surface area contributed by atoms with Crippen molar-refractivity contribution in [3.05, 3.63) is 35.9 Å². The summed E-state index contributed by atoms with van der Waals surface area (Å²) in [7, 11) is 1.65. The molecule has 0 heterocycles. The van der Waals surface area contributed by atoms with Gasteiger partial charge in [0.2, 0.25) is 0 Å². The van der Waals surface area contributed by atoms with Crippen LogP contribution < -0.4 is 5.32 Å². The molecule has 0 aliphatic heterocycles. The predicted octanol–water partition coefficient (Wildman–Crippen LogP) is 2.05. The van der Waals surface area contributed by atoms with Crippen LogP contribution in [-0.2, 0) is 16.1 Å². The molecule has 0 spiro atoms. The van der Waals surface area contributed by atoms with Gasteiger partial charge in [-0.1, -0.05) is 30.3 Å². The van der Waals surface area contributed by atoms with E-state index in [9.17, 15) is 0 Å². The van der Waals surface area contributed by atoms with Gasteiger partial charge < -0.3 is 14.8 Å². The Kier molecular flexibility index (Phi) is 8.01. The molecule has 0 aliphatic carbocycles. The van der Waals surface area contributed by atoms with Crippen LogP contribution in [0.2, 0.25) is 0 Å². The number of hydrogen-bond donors (Lipinski definition) is 1. The molecule has 1 unspecified atom stereocenters. The number of halogens is 1. The Morgan fingerprint density at radius 1 is 1.29 bits per heavy atom. The first-order chi connectivity index (χ1) is 8.33. The van der Waals surface area contributed by atoms with E-state index in [-0.39, 0.29) is 5.38 Å². The van der Waals surface area contributed by atoms with Crippen LogP contribution in [0.5, 0.6) is 0 Å². The van der Waals surface area contributed by atoms with E-state index in [1.54, 1.807) is 7.11 Å². The number of nitrogens with one attached hydrogen (secondary N) is 1. The molecule has 0 radical (unpaired) electrons. The maximum Gasteiger partial charge on any atom is 0.0717 e. The van der Waals surface area contributed by atoms with Crippen molar-refractivity contribution < 1.29 is 9.47 Å². The second kappa shape index (κ2) is 9.42. The van der Waals surface area contributed by atoms with E-state index < -0.39 is 0 Å². The first-order valence-corrected chi connectivity index (χ1v) is 6.22. The number of hydrogen-bond acceptors (Lipinski definition) is 3. The summed E-state index contributed by atoms with van der Waals surface area (Å²) in [4.78, 5) is 0. The molecule has 0 aliphatic rings. The van der Waals surface area contributed by atoms with Gasteiger partial charge in [0.1, 0.15) is 0 Å². The van der Waals surface area contributed by atoms with E-state index in [0.29, 0.717) is 19.8 Å². The van der Waals surface area contributed by atoms with Crippen LogP contribution in [0, 0.1) is 0 Å². The highest BCUT2D eigenvalue weighted by molar-refractivity contribution is 6.20. The summed E-state index contributed by atoms with van der Waals surface area (Å²) in [5.41, 5.74) is 1.20. The van der Waals surface area contributed by atoms with Crippen LogP contribution in [0.1, 0.15) is 5.56 Å². The van der Waals surface area contributed by atoms with Gasteiger partial charge in [0.25, 0.3) is 0 Å². The molecule has 1 aromatic carbocycles. The molecule has 0 amide bonds. The number of ether oxygens (including phenoxy) is 2. The molecule has 17 heavy (non-hydrogen) atoms. The average molecular weight is 258 g/mol. The highest BCUT2D eigenvalue weighted by Crippen LogP contribution is 1.99. The molecule has 0 bridgehead atoms. The third-order valence-corrected chi connectivity index (χ3v) is 2.53. The maximum absolute atomic E-state index is 5.96. The lowest BCUT2D eigenvalue weighted by molar-refractivity contribution is 0.122. The molecule has 0 saturated heterocycles. The quantitative estimate of drug-likeness (QED) is 0.543. The standard InChI is InChI=1S/C13H20ClNO2/c1-16-11-13(14)9-15-7-8-17-10-12-5-3-2-4-6-12/h2-6,13,15H,7-11H2,1H3. The normalized spacial score (nSPS) is 12.6. The van der Waals surface area contributed by atoms with Gasteiger partial charge in [-0.3, -0.25) is 0 Å². The minimum absolute atomic E-state index is 0.0223. The van der Waals surface area contributed by atoms with Crippen LogP contribution >= 0.6 is 11.6 Å². The minimum Gasteiger partial charge on any atom is -0.383 e. The van der Waals surface area contributed by atoms with Gasteiger partial charge >= 0.3 is 0 Å². The highest BCUT2D eigenvalue weighted by Gasteiger charge is 2.01. The first kappa shape index (κ1) is 14.5. The lowest BCUT2D eigenvalue weighted by atomic mass is 10.2. The smallest absolute Gasteiger partial charge is 0.0717 e. The number of methoxy groups -OCH3 is 1. The van der Waals surface area contributed by atoms with Crippen molar-refractivity contribution in [1.29, 1.82) is 0 Å². The Morgan fingerprint density at radius 2 is 2.06 bits per heavy atom. The molecule has 1 atom stereocenters. The third kappa shape index (κ3) is 7.34. The summed E-state index contributed by atoms with van der Waals surface area (Å²) in [6.45, 7) is 3.46. The molecule has 0 aromatic heterocycles. The van der Waals surface area contributed by atoms with E-state index in [1.807, 2.05) is 18.2 Å². The van der Waals surface area contributed by atoms with Crippen molar-refractivity contribution >= 4 is 11.6 Å². The van der Waals surface area contributed by atoms with Crippen molar-refractivity contribution in [2.45, 2.75) is 12.0 Å². The van der Waals surface area contributed by atoms with Gasteiger partial charge in [-0.15, -0.1) is 11.6 Å². The lowest BCUT2D eigenvalue weighted by Gasteiger charge is -2.10. The van der Waals surface area contributed by atoms with Crippen molar-refractivity contribution in [3.8, 4) is 0 Å². The molecule has 3 nitrogen and oxygen atoms in total. The van der Waals surface area contributed by atoms with E-state index in [1.165, 1.54) is 5.56 Å². The molecule has 1 N–H and O–H groups in total. The Morgan fingerprint density at radius 3 is 2.76 bits per heavy atom. The van der Waals surface area contributed by atoms with Crippen LogP contribution in [0.25, 0.3) is 0 Å². The fourth-order valence-electron chi connectivity index (χ4n) is 1.41. The van der Waals surface area contributed by atoms with Gasteiger partial charge in [0.15, 0.2) is 0 Å². The van der Waals surface area contributed by atoms with Crippen LogP contribution in [0.4, 0.5) is 0 Å². The lowest BCUT2D eigenvalue weighted by Crippen LogP contribution is -2.29. The molecular weight excluding hydrogens is 238 g/mol. The number of alkyl halides is 1. The average Bonchev–Trinajstić information content (AvgIpc) is 2.35. The van der Waals surface area contributed by atoms with Gasteiger partial charge in [0.05, 0.1) is 25.2 Å². The number of benzene rings is 1. The summed E-state index contributed by atoms with van der Waals surface area (Å²) >= 11 is 5.96. The molecule has 0 saturated carbocycles. The summed E-state index contributed by atoms with van der Waals surface area (Å²) < 4.78 is 10.5. The van der Waals surface area contributed by atoms with E-state index >= 15 is 0 Å². The molecule has 96 valence electrons. The van der Waals surface area contributed by atoms with Gasteiger partial charge in [0, 0.05) is 20.2 Å². The highest BCUT2D eigenvalue weighted by atomic mass is 35.5. The fourth-order valence-corrected chi connectivity index (χ4v) is 1.64. The summed E-state index contributed by atoms with van der Waals surface area (Å²) in [6, 6.07) is 10.1. The fraction of sp³-hybridized carbons (Fsp3) is 0.538. The Balaban J connectivity index is 1.95. The van der Waals surface area contributed by atoms with Gasteiger partial charge in [-0.25, -0.2) is 0 Å². The zero-order valence-electron chi connectivity index (χ0n) is 10.2. The molecule has 4 heteroatoms. The molecule has 1 aromatic rings. The van der Waals surface area contributed by atoms with Crippen molar-refractivity contribution in [1.82, 2.24) is 5.32 Å². The van der Waals surface area contributed by atoms with Crippen molar-refractivity contribution in [2.75, 3.05) is 33.4 Å².